The number of carbonyl (C=O) groups excluding carboxylic acids is 1. The molecule has 0 atom stereocenters. The van der Waals surface area contributed by atoms with E-state index in [4.69, 9.17) is 0 Å². The molecule has 4 nitrogen and oxygen atoms in total. The van der Waals surface area contributed by atoms with E-state index in [0.717, 1.165) is 29.8 Å². The van der Waals surface area contributed by atoms with Crippen molar-refractivity contribution in [2.45, 2.75) is 32.7 Å². The number of Topliss-reactive ketones (excluding diaryl/α,β-unsaturated/α-hetero) is 1. The van der Waals surface area contributed by atoms with Gasteiger partial charge in [0.05, 0.1) is 12.2 Å². The number of ketones is 1. The first-order valence-electron chi connectivity index (χ1n) is 6.83. The van der Waals surface area contributed by atoms with Crippen LogP contribution in [0, 0.1) is 6.92 Å². The van der Waals surface area contributed by atoms with E-state index in [1.165, 1.54) is 6.07 Å². The van der Waals surface area contributed by atoms with E-state index in [2.05, 4.69) is 4.98 Å². The molecule has 0 radical (unpaired) electrons. The molecule has 0 fully saturated rings. The minimum Gasteiger partial charge on any atom is -0.306 e. The van der Waals surface area contributed by atoms with Crippen LogP contribution in [-0.2, 0) is 13.0 Å². The van der Waals surface area contributed by atoms with Crippen molar-refractivity contribution in [3.63, 3.8) is 0 Å². The predicted molar refractivity (Wildman–Crippen MR) is 76.0 cm³/mol. The average molecular weight is 268 g/mol. The van der Waals surface area contributed by atoms with Crippen LogP contribution in [0.1, 0.15) is 40.2 Å². The van der Waals surface area contributed by atoms with Crippen LogP contribution in [0.15, 0.2) is 35.3 Å². The molecule has 0 aliphatic heterocycles. The van der Waals surface area contributed by atoms with Crippen molar-refractivity contribution < 1.29 is 4.79 Å². The maximum Gasteiger partial charge on any atom is 0.251 e. The monoisotopic (exact) mass is 268 g/mol. The Morgan fingerprint density at radius 2 is 2.05 bits per heavy atom. The van der Waals surface area contributed by atoms with E-state index >= 15 is 0 Å². The van der Waals surface area contributed by atoms with Crippen molar-refractivity contribution >= 4 is 5.78 Å². The van der Waals surface area contributed by atoms with Gasteiger partial charge in [0.25, 0.3) is 5.56 Å². The van der Waals surface area contributed by atoms with Crippen molar-refractivity contribution in [1.29, 1.82) is 0 Å². The highest BCUT2D eigenvalue weighted by molar-refractivity contribution is 5.97. The number of fused-ring (bicyclic) bond motifs is 1. The lowest BCUT2D eigenvalue weighted by Gasteiger charge is -2.20. The minimum absolute atomic E-state index is 0.0662. The summed E-state index contributed by atoms with van der Waals surface area (Å²) in [4.78, 5) is 28.4. The lowest BCUT2D eigenvalue weighted by molar-refractivity contribution is 0.0970. The van der Waals surface area contributed by atoms with Crippen LogP contribution in [0.3, 0.4) is 0 Å². The first-order valence-corrected chi connectivity index (χ1v) is 6.83. The smallest absolute Gasteiger partial charge is 0.251 e. The van der Waals surface area contributed by atoms with Gasteiger partial charge in [-0.2, -0.15) is 0 Å². The van der Waals surface area contributed by atoms with Gasteiger partial charge < -0.3 is 4.57 Å². The van der Waals surface area contributed by atoms with Gasteiger partial charge in [0.2, 0.25) is 0 Å². The van der Waals surface area contributed by atoms with Gasteiger partial charge in [0, 0.05) is 29.9 Å². The number of aromatic nitrogens is 2. The molecule has 0 aromatic carbocycles. The van der Waals surface area contributed by atoms with E-state index in [1.807, 2.05) is 19.1 Å². The molecule has 0 saturated heterocycles. The molecule has 0 spiro atoms. The van der Waals surface area contributed by atoms with Crippen molar-refractivity contribution in [2.24, 2.45) is 0 Å². The number of pyridine rings is 2. The fraction of sp³-hybridized carbons (Fsp3) is 0.312. The zero-order chi connectivity index (χ0) is 14.1. The zero-order valence-electron chi connectivity index (χ0n) is 11.4. The van der Waals surface area contributed by atoms with E-state index in [0.29, 0.717) is 18.5 Å². The molecule has 4 heteroatoms. The fourth-order valence-electron chi connectivity index (χ4n) is 2.70. The first-order chi connectivity index (χ1) is 9.66. The molecule has 1 aliphatic rings. The summed E-state index contributed by atoms with van der Waals surface area (Å²) >= 11 is 0. The third-order valence-corrected chi connectivity index (χ3v) is 3.84. The number of rotatable bonds is 2. The quantitative estimate of drug-likeness (QED) is 0.838. The largest absolute Gasteiger partial charge is 0.306 e. The van der Waals surface area contributed by atoms with Gasteiger partial charge in [0.1, 0.15) is 0 Å². The SMILES string of the molecule is Cc1cccnc1Cn1c2c(ccc1=O)C(=O)CCC2. The lowest BCUT2D eigenvalue weighted by atomic mass is 9.94. The molecule has 2 aromatic rings. The van der Waals surface area contributed by atoms with Gasteiger partial charge in [-0.1, -0.05) is 6.07 Å². The van der Waals surface area contributed by atoms with Gasteiger partial charge in [0.15, 0.2) is 5.78 Å². The fourth-order valence-corrected chi connectivity index (χ4v) is 2.70. The Bertz CT molecular complexity index is 731. The standard InChI is InChI=1S/C16H16N2O2/c1-11-4-3-9-17-13(11)10-18-14-5-2-6-15(19)12(14)7-8-16(18)20/h3-4,7-9H,2,5-6,10H2,1H3. The highest BCUT2D eigenvalue weighted by atomic mass is 16.1. The predicted octanol–water partition coefficient (Wildman–Crippen LogP) is 2.12. The molecule has 0 bridgehead atoms. The molecule has 1 aliphatic carbocycles. The topological polar surface area (TPSA) is 52.0 Å². The maximum absolute atomic E-state index is 12.1. The van der Waals surface area contributed by atoms with E-state index in [1.54, 1.807) is 16.8 Å². The molecule has 20 heavy (non-hydrogen) atoms. The third kappa shape index (κ3) is 2.18. The number of nitrogens with zero attached hydrogens (tertiary/aromatic N) is 2. The molecular formula is C16H16N2O2. The summed E-state index contributed by atoms with van der Waals surface area (Å²) in [5.41, 5.74) is 3.42. The Kier molecular flexibility index (Phi) is 3.22. The van der Waals surface area contributed by atoms with Crippen molar-refractivity contribution in [3.05, 3.63) is 63.3 Å². The molecule has 3 rings (SSSR count). The minimum atomic E-state index is -0.0662. The molecule has 0 unspecified atom stereocenters. The summed E-state index contributed by atoms with van der Waals surface area (Å²) in [6.07, 6.45) is 3.90. The van der Waals surface area contributed by atoms with Crippen LogP contribution in [-0.4, -0.2) is 15.3 Å². The van der Waals surface area contributed by atoms with E-state index < -0.39 is 0 Å². The molecule has 2 heterocycles. The van der Waals surface area contributed by atoms with Crippen LogP contribution < -0.4 is 5.56 Å². The van der Waals surface area contributed by atoms with Crippen LogP contribution in [0.4, 0.5) is 0 Å². The Balaban J connectivity index is 2.10. The summed E-state index contributed by atoms with van der Waals surface area (Å²) in [6.45, 7) is 2.41. The van der Waals surface area contributed by atoms with Crippen LogP contribution in [0.25, 0.3) is 0 Å². The summed E-state index contributed by atoms with van der Waals surface area (Å²) in [5, 5.41) is 0. The second-order valence-electron chi connectivity index (χ2n) is 5.16. The highest BCUT2D eigenvalue weighted by Crippen LogP contribution is 2.20. The van der Waals surface area contributed by atoms with Crippen molar-refractivity contribution in [2.75, 3.05) is 0 Å². The highest BCUT2D eigenvalue weighted by Gasteiger charge is 2.21. The molecule has 0 N–H and O–H groups in total. The van der Waals surface area contributed by atoms with Crippen molar-refractivity contribution in [3.8, 4) is 0 Å². The van der Waals surface area contributed by atoms with E-state index in [9.17, 15) is 9.59 Å². The Morgan fingerprint density at radius 3 is 2.85 bits per heavy atom. The summed E-state index contributed by atoms with van der Waals surface area (Å²) in [7, 11) is 0. The molecule has 2 aromatic heterocycles. The Labute approximate surface area is 117 Å². The number of hydrogen-bond donors (Lipinski definition) is 0. The Morgan fingerprint density at radius 1 is 1.20 bits per heavy atom. The zero-order valence-corrected chi connectivity index (χ0v) is 11.4. The lowest BCUT2D eigenvalue weighted by Crippen LogP contribution is -2.28. The summed E-state index contributed by atoms with van der Waals surface area (Å²) in [6, 6.07) is 7.01. The van der Waals surface area contributed by atoms with Gasteiger partial charge in [-0.25, -0.2) is 0 Å². The number of hydrogen-bond acceptors (Lipinski definition) is 3. The molecule has 0 saturated carbocycles. The van der Waals surface area contributed by atoms with Gasteiger partial charge in [-0.3, -0.25) is 14.6 Å². The van der Waals surface area contributed by atoms with Crippen LogP contribution in [0.5, 0.6) is 0 Å². The van der Waals surface area contributed by atoms with Crippen LogP contribution >= 0.6 is 0 Å². The van der Waals surface area contributed by atoms with Crippen LogP contribution in [0.2, 0.25) is 0 Å². The Hall–Kier alpha value is -2.23. The molecule has 102 valence electrons. The van der Waals surface area contributed by atoms with Gasteiger partial charge in [-0.05, 0) is 37.5 Å². The second kappa shape index (κ2) is 5.04. The first kappa shape index (κ1) is 12.8. The third-order valence-electron chi connectivity index (χ3n) is 3.84. The summed E-state index contributed by atoms with van der Waals surface area (Å²) in [5.74, 6) is 0.137. The average Bonchev–Trinajstić information content (AvgIpc) is 2.44. The van der Waals surface area contributed by atoms with Gasteiger partial charge in [-0.15, -0.1) is 0 Å². The second-order valence-corrected chi connectivity index (χ2v) is 5.16. The molecule has 0 amide bonds. The van der Waals surface area contributed by atoms with Gasteiger partial charge >= 0.3 is 0 Å². The van der Waals surface area contributed by atoms with E-state index in [-0.39, 0.29) is 11.3 Å². The molecular weight excluding hydrogens is 252 g/mol. The number of aryl methyl sites for hydroxylation is 1. The number of carbonyl (C=O) groups is 1. The maximum atomic E-state index is 12.1. The van der Waals surface area contributed by atoms with Crippen molar-refractivity contribution in [1.82, 2.24) is 9.55 Å². The summed E-state index contributed by atoms with van der Waals surface area (Å²) < 4.78 is 1.70. The normalized spacial score (nSPS) is 14.2.